The predicted molar refractivity (Wildman–Crippen MR) is 89.9 cm³/mol. The minimum Gasteiger partial charge on any atom is -0.507 e. The van der Waals surface area contributed by atoms with Crippen molar-refractivity contribution in [1.82, 2.24) is 4.90 Å². The standard InChI is InChI=1S/C19H21NO4/c1-22-14-6-4-5-13(9-14)19(20-7-2-3-8-20)15-10-17-18(11-16(15)21)24-12-23-17/h4-6,9-11,19,21H,2-3,7-8,12H2,1H3/t19-/m1/s1. The third-order valence-electron chi connectivity index (χ3n) is 4.73. The topological polar surface area (TPSA) is 51.2 Å². The van der Waals surface area contributed by atoms with Crippen molar-refractivity contribution in [1.29, 1.82) is 0 Å². The van der Waals surface area contributed by atoms with Crippen LogP contribution in [0, 0.1) is 0 Å². The van der Waals surface area contributed by atoms with Crippen molar-refractivity contribution in [3.8, 4) is 23.0 Å². The van der Waals surface area contributed by atoms with Gasteiger partial charge in [-0.2, -0.15) is 0 Å². The number of nitrogens with zero attached hydrogens (tertiary/aromatic N) is 1. The van der Waals surface area contributed by atoms with Gasteiger partial charge in [-0.05, 0) is 49.7 Å². The molecule has 1 fully saturated rings. The number of aromatic hydroxyl groups is 1. The third-order valence-corrected chi connectivity index (χ3v) is 4.73. The molecule has 24 heavy (non-hydrogen) atoms. The van der Waals surface area contributed by atoms with E-state index in [1.807, 2.05) is 24.3 Å². The van der Waals surface area contributed by atoms with Gasteiger partial charge in [-0.25, -0.2) is 0 Å². The van der Waals surface area contributed by atoms with Crippen molar-refractivity contribution in [3.05, 3.63) is 47.5 Å². The summed E-state index contributed by atoms with van der Waals surface area (Å²) in [5.41, 5.74) is 1.94. The quantitative estimate of drug-likeness (QED) is 0.933. The summed E-state index contributed by atoms with van der Waals surface area (Å²) in [5, 5.41) is 10.6. The van der Waals surface area contributed by atoms with Crippen molar-refractivity contribution in [2.45, 2.75) is 18.9 Å². The molecule has 2 aliphatic rings. The van der Waals surface area contributed by atoms with Gasteiger partial charge in [-0.3, -0.25) is 4.90 Å². The van der Waals surface area contributed by atoms with Crippen LogP contribution in [0.1, 0.15) is 30.0 Å². The van der Waals surface area contributed by atoms with E-state index in [9.17, 15) is 5.11 Å². The Morgan fingerprint density at radius 1 is 1.08 bits per heavy atom. The summed E-state index contributed by atoms with van der Waals surface area (Å²) in [6, 6.07) is 11.6. The third kappa shape index (κ3) is 2.65. The first kappa shape index (κ1) is 15.1. The van der Waals surface area contributed by atoms with Crippen LogP contribution < -0.4 is 14.2 Å². The van der Waals surface area contributed by atoms with Crippen LogP contribution in [0.5, 0.6) is 23.0 Å². The first-order valence-corrected chi connectivity index (χ1v) is 8.27. The first-order chi connectivity index (χ1) is 11.8. The molecule has 1 saturated heterocycles. The van der Waals surface area contributed by atoms with Gasteiger partial charge in [0.05, 0.1) is 13.2 Å². The maximum atomic E-state index is 10.6. The largest absolute Gasteiger partial charge is 0.507 e. The van der Waals surface area contributed by atoms with Crippen LogP contribution in [0.25, 0.3) is 0 Å². The summed E-state index contributed by atoms with van der Waals surface area (Å²) in [6.45, 7) is 2.22. The lowest BCUT2D eigenvalue weighted by Gasteiger charge is -2.29. The zero-order valence-corrected chi connectivity index (χ0v) is 13.7. The van der Waals surface area contributed by atoms with Crippen molar-refractivity contribution >= 4 is 0 Å². The van der Waals surface area contributed by atoms with E-state index in [1.165, 1.54) is 12.8 Å². The lowest BCUT2D eigenvalue weighted by Crippen LogP contribution is -2.26. The fourth-order valence-electron chi connectivity index (χ4n) is 3.56. The van der Waals surface area contributed by atoms with Gasteiger partial charge in [0.15, 0.2) is 11.5 Å². The second-order valence-corrected chi connectivity index (χ2v) is 6.19. The number of likely N-dealkylation sites (tertiary alicyclic amines) is 1. The molecule has 4 rings (SSSR count). The number of phenols is 1. The molecule has 0 saturated carbocycles. The Morgan fingerprint density at radius 2 is 1.83 bits per heavy atom. The van der Waals surface area contributed by atoms with E-state index in [0.29, 0.717) is 11.5 Å². The van der Waals surface area contributed by atoms with Gasteiger partial charge in [-0.1, -0.05) is 12.1 Å². The zero-order valence-electron chi connectivity index (χ0n) is 13.7. The Bertz CT molecular complexity index is 740. The molecule has 0 aliphatic carbocycles. The average molecular weight is 327 g/mol. The normalized spacial score (nSPS) is 17.9. The van der Waals surface area contributed by atoms with Gasteiger partial charge < -0.3 is 19.3 Å². The van der Waals surface area contributed by atoms with Crippen molar-refractivity contribution in [2.75, 3.05) is 27.0 Å². The van der Waals surface area contributed by atoms with E-state index < -0.39 is 0 Å². The second kappa shape index (κ2) is 6.24. The summed E-state index contributed by atoms with van der Waals surface area (Å²) in [5.74, 6) is 2.34. The molecule has 0 amide bonds. The summed E-state index contributed by atoms with van der Waals surface area (Å²) in [4.78, 5) is 2.39. The molecule has 0 aromatic heterocycles. The van der Waals surface area contributed by atoms with Crippen LogP contribution in [0.15, 0.2) is 36.4 Å². The summed E-state index contributed by atoms with van der Waals surface area (Å²) in [6.07, 6.45) is 2.34. The molecule has 1 N–H and O–H groups in total. The van der Waals surface area contributed by atoms with Crippen LogP contribution in [0.3, 0.4) is 0 Å². The van der Waals surface area contributed by atoms with Gasteiger partial charge in [-0.15, -0.1) is 0 Å². The average Bonchev–Trinajstić information content (AvgIpc) is 3.27. The molecule has 0 unspecified atom stereocenters. The van der Waals surface area contributed by atoms with E-state index in [2.05, 4.69) is 11.0 Å². The van der Waals surface area contributed by atoms with Crippen LogP contribution in [0.2, 0.25) is 0 Å². The summed E-state index contributed by atoms with van der Waals surface area (Å²) < 4.78 is 16.3. The molecule has 2 aliphatic heterocycles. The highest BCUT2D eigenvalue weighted by molar-refractivity contribution is 5.54. The molecule has 2 aromatic carbocycles. The Labute approximate surface area is 141 Å². The van der Waals surface area contributed by atoms with Gasteiger partial charge >= 0.3 is 0 Å². The molecule has 2 heterocycles. The number of rotatable bonds is 4. The van der Waals surface area contributed by atoms with Crippen molar-refractivity contribution in [2.24, 2.45) is 0 Å². The molecule has 5 nitrogen and oxygen atoms in total. The molecular weight excluding hydrogens is 306 g/mol. The van der Waals surface area contributed by atoms with E-state index in [0.717, 1.165) is 30.0 Å². The van der Waals surface area contributed by atoms with Crippen LogP contribution in [0.4, 0.5) is 0 Å². The van der Waals surface area contributed by atoms with Gasteiger partial charge in [0.2, 0.25) is 6.79 Å². The second-order valence-electron chi connectivity index (χ2n) is 6.19. The maximum Gasteiger partial charge on any atom is 0.231 e. The number of methoxy groups -OCH3 is 1. The smallest absolute Gasteiger partial charge is 0.231 e. The monoisotopic (exact) mass is 327 g/mol. The predicted octanol–water partition coefficient (Wildman–Crippen LogP) is 3.31. The summed E-state index contributed by atoms with van der Waals surface area (Å²) in [7, 11) is 1.67. The lowest BCUT2D eigenvalue weighted by molar-refractivity contribution is 0.173. The highest BCUT2D eigenvalue weighted by Crippen LogP contribution is 2.44. The molecule has 5 heteroatoms. The number of hydrogen-bond donors (Lipinski definition) is 1. The molecule has 1 atom stereocenters. The Balaban J connectivity index is 1.81. The van der Waals surface area contributed by atoms with Crippen molar-refractivity contribution in [3.63, 3.8) is 0 Å². The highest BCUT2D eigenvalue weighted by Gasteiger charge is 2.29. The Morgan fingerprint density at radius 3 is 2.58 bits per heavy atom. The van der Waals surface area contributed by atoms with Gasteiger partial charge in [0.25, 0.3) is 0 Å². The molecule has 2 aromatic rings. The fourth-order valence-corrected chi connectivity index (χ4v) is 3.56. The van der Waals surface area contributed by atoms with Crippen LogP contribution in [-0.4, -0.2) is 37.0 Å². The minimum absolute atomic E-state index is 0.0305. The van der Waals surface area contributed by atoms with E-state index in [4.69, 9.17) is 14.2 Å². The maximum absolute atomic E-state index is 10.6. The van der Waals surface area contributed by atoms with Crippen LogP contribution >= 0.6 is 0 Å². The van der Waals surface area contributed by atoms with E-state index >= 15 is 0 Å². The number of benzene rings is 2. The Kier molecular flexibility index (Phi) is 3.94. The molecule has 0 spiro atoms. The lowest BCUT2D eigenvalue weighted by atomic mass is 9.95. The molecule has 126 valence electrons. The number of ether oxygens (including phenoxy) is 3. The van der Waals surface area contributed by atoms with Gasteiger partial charge in [0, 0.05) is 11.6 Å². The number of fused-ring (bicyclic) bond motifs is 1. The van der Waals surface area contributed by atoms with E-state index in [-0.39, 0.29) is 18.6 Å². The zero-order chi connectivity index (χ0) is 16.5. The molecule has 0 bridgehead atoms. The van der Waals surface area contributed by atoms with Crippen molar-refractivity contribution < 1.29 is 19.3 Å². The molecular formula is C19H21NO4. The van der Waals surface area contributed by atoms with E-state index in [1.54, 1.807) is 13.2 Å². The molecule has 0 radical (unpaired) electrons. The first-order valence-electron chi connectivity index (χ1n) is 8.27. The SMILES string of the molecule is COc1cccc([C@H](c2cc3c(cc2O)OCO3)N2CCCC2)c1. The number of hydrogen-bond acceptors (Lipinski definition) is 5. The fraction of sp³-hybridized carbons (Fsp3) is 0.368. The summed E-state index contributed by atoms with van der Waals surface area (Å²) >= 11 is 0. The highest BCUT2D eigenvalue weighted by atomic mass is 16.7. The van der Waals surface area contributed by atoms with Gasteiger partial charge in [0.1, 0.15) is 11.5 Å². The minimum atomic E-state index is -0.0305. The number of phenolic OH excluding ortho intramolecular Hbond substituents is 1. The Hall–Kier alpha value is -2.40. The van der Waals surface area contributed by atoms with Crippen LogP contribution in [-0.2, 0) is 0 Å².